The van der Waals surface area contributed by atoms with E-state index in [0.29, 0.717) is 23.0 Å². The predicted octanol–water partition coefficient (Wildman–Crippen LogP) is 5.04. The van der Waals surface area contributed by atoms with Crippen LogP contribution < -0.4 is 5.32 Å². The Kier molecular flexibility index (Phi) is 8.49. The fraction of sp³-hybridized carbons (Fsp3) is 0.231. The average molecular weight is 537 g/mol. The third-order valence-corrected chi connectivity index (χ3v) is 7.52. The number of nitrogens with one attached hydrogen (secondary N) is 1. The summed E-state index contributed by atoms with van der Waals surface area (Å²) in [5.74, 6) is -1.21. The van der Waals surface area contributed by atoms with Gasteiger partial charge in [0.2, 0.25) is 15.9 Å². The average Bonchev–Trinajstić information content (AvgIpc) is 2.85. The van der Waals surface area contributed by atoms with Crippen molar-refractivity contribution in [3.63, 3.8) is 0 Å². The highest BCUT2D eigenvalue weighted by Gasteiger charge is 2.30. The Morgan fingerprint density at radius 1 is 0.973 bits per heavy atom. The Morgan fingerprint density at radius 2 is 1.59 bits per heavy atom. The Morgan fingerprint density at radius 3 is 2.14 bits per heavy atom. The largest absolute Gasteiger partial charge is 0.416 e. The summed E-state index contributed by atoms with van der Waals surface area (Å²) in [6.45, 7) is 2.63. The minimum absolute atomic E-state index is 0.0589. The number of aldehydes is 1. The summed E-state index contributed by atoms with van der Waals surface area (Å²) >= 11 is 0. The molecule has 0 aliphatic heterocycles. The highest BCUT2D eigenvalue weighted by Crippen LogP contribution is 2.31. The van der Waals surface area contributed by atoms with Crippen LogP contribution in [0.15, 0.2) is 71.6 Å². The first-order valence-electron chi connectivity index (χ1n) is 11.1. The molecule has 0 heterocycles. The number of amides is 1. The molecular weight excluding hydrogens is 512 g/mol. The van der Waals surface area contributed by atoms with Gasteiger partial charge in [-0.15, -0.1) is 0 Å². The number of halogens is 4. The quantitative estimate of drug-likeness (QED) is 0.307. The molecule has 0 saturated carbocycles. The van der Waals surface area contributed by atoms with Crippen molar-refractivity contribution in [3.05, 3.63) is 89.2 Å². The molecule has 0 aromatic heterocycles. The second-order valence-corrected chi connectivity index (χ2v) is 10.4. The van der Waals surface area contributed by atoms with Gasteiger partial charge in [0.15, 0.2) is 0 Å². The van der Waals surface area contributed by atoms with Crippen LogP contribution in [0.4, 0.5) is 17.6 Å². The van der Waals surface area contributed by atoms with Crippen LogP contribution >= 0.6 is 0 Å². The topological polar surface area (TPSA) is 83.6 Å². The lowest BCUT2D eigenvalue weighted by molar-refractivity contribution is -0.137. The number of sulfonamides is 1. The molecule has 0 fully saturated rings. The summed E-state index contributed by atoms with van der Waals surface area (Å²) in [5.41, 5.74) is 0.862. The van der Waals surface area contributed by atoms with E-state index in [9.17, 15) is 35.6 Å². The van der Waals surface area contributed by atoms with Crippen LogP contribution in [0.25, 0.3) is 11.1 Å². The molecule has 1 amide bonds. The van der Waals surface area contributed by atoms with Crippen molar-refractivity contribution in [1.82, 2.24) is 9.62 Å². The first-order valence-corrected chi connectivity index (χ1v) is 12.6. The molecule has 3 rings (SSSR count). The molecule has 0 atom stereocenters. The zero-order valence-corrected chi connectivity index (χ0v) is 20.7. The zero-order valence-electron chi connectivity index (χ0n) is 19.9. The van der Waals surface area contributed by atoms with Crippen molar-refractivity contribution in [2.24, 2.45) is 0 Å². The summed E-state index contributed by atoms with van der Waals surface area (Å²) in [4.78, 5) is 23.9. The summed E-state index contributed by atoms with van der Waals surface area (Å²) < 4.78 is 78.8. The smallest absolute Gasteiger partial charge is 0.351 e. The first-order chi connectivity index (χ1) is 17.3. The molecule has 0 radical (unpaired) electrons. The Hall–Kier alpha value is -3.57. The van der Waals surface area contributed by atoms with Crippen molar-refractivity contribution in [2.75, 3.05) is 6.54 Å². The molecule has 11 heteroatoms. The van der Waals surface area contributed by atoms with Gasteiger partial charge in [0, 0.05) is 18.2 Å². The van der Waals surface area contributed by atoms with Crippen molar-refractivity contribution in [1.29, 1.82) is 0 Å². The number of alkyl halides is 3. The van der Waals surface area contributed by atoms with E-state index in [1.807, 2.05) is 0 Å². The lowest BCUT2D eigenvalue weighted by atomic mass is 9.99. The zero-order chi connectivity index (χ0) is 27.4. The van der Waals surface area contributed by atoms with Gasteiger partial charge in [0.25, 0.3) is 0 Å². The van der Waals surface area contributed by atoms with Gasteiger partial charge in [0.05, 0.1) is 17.0 Å². The summed E-state index contributed by atoms with van der Waals surface area (Å²) in [7, 11) is -4.08. The predicted molar refractivity (Wildman–Crippen MR) is 130 cm³/mol. The SMILES string of the molecule is CC(C)N(CC(=O)NCc1cc(C=O)cc(-c2ccc(C(F)(F)F)cc2)c1)S(=O)(=O)c1ccc(F)cc1. The summed E-state index contributed by atoms with van der Waals surface area (Å²) in [6.07, 6.45) is -3.90. The molecule has 0 spiro atoms. The lowest BCUT2D eigenvalue weighted by Gasteiger charge is -2.25. The highest BCUT2D eigenvalue weighted by atomic mass is 32.2. The minimum Gasteiger partial charge on any atom is -0.351 e. The van der Waals surface area contributed by atoms with Crippen molar-refractivity contribution in [2.45, 2.75) is 37.5 Å². The van der Waals surface area contributed by atoms with Crippen LogP contribution in [-0.2, 0) is 27.5 Å². The van der Waals surface area contributed by atoms with E-state index in [2.05, 4.69) is 5.32 Å². The first kappa shape index (κ1) is 28.0. The molecule has 0 aliphatic rings. The van der Waals surface area contributed by atoms with Crippen LogP contribution in [0.2, 0.25) is 0 Å². The van der Waals surface area contributed by atoms with Gasteiger partial charge in [-0.2, -0.15) is 17.5 Å². The number of rotatable bonds is 9. The maximum atomic E-state index is 13.2. The monoisotopic (exact) mass is 536 g/mol. The molecule has 6 nitrogen and oxygen atoms in total. The van der Waals surface area contributed by atoms with Crippen LogP contribution in [0.5, 0.6) is 0 Å². The Balaban J connectivity index is 1.76. The van der Waals surface area contributed by atoms with Gasteiger partial charge >= 0.3 is 6.18 Å². The second kappa shape index (κ2) is 11.2. The maximum Gasteiger partial charge on any atom is 0.416 e. The molecular formula is C26H24F4N2O4S. The number of nitrogens with zero attached hydrogens (tertiary/aromatic N) is 1. The molecule has 0 saturated heterocycles. The van der Waals surface area contributed by atoms with Crippen LogP contribution in [0.1, 0.15) is 35.3 Å². The Labute approximate surface area is 212 Å². The van der Waals surface area contributed by atoms with E-state index in [1.165, 1.54) is 24.3 Å². The standard InChI is InChI=1S/C26H24F4N2O4S/c1-17(2)32(37(35,36)24-9-7-23(27)8-10-24)15-25(34)31-14-18-11-19(16-33)13-21(12-18)20-3-5-22(6-4-20)26(28,29)30/h3-13,16-17H,14-15H2,1-2H3,(H,31,34). The van der Waals surface area contributed by atoms with E-state index < -0.39 is 46.1 Å². The highest BCUT2D eigenvalue weighted by molar-refractivity contribution is 7.89. The summed E-state index contributed by atoms with van der Waals surface area (Å²) in [6, 6.07) is 12.8. The molecule has 37 heavy (non-hydrogen) atoms. The molecule has 1 N–H and O–H groups in total. The van der Waals surface area contributed by atoms with Gasteiger partial charge in [0.1, 0.15) is 12.1 Å². The molecule has 0 unspecified atom stereocenters. The number of hydrogen-bond acceptors (Lipinski definition) is 4. The van der Waals surface area contributed by atoms with Gasteiger partial charge < -0.3 is 5.32 Å². The van der Waals surface area contributed by atoms with Gasteiger partial charge in [-0.3, -0.25) is 9.59 Å². The van der Waals surface area contributed by atoms with Crippen molar-refractivity contribution in [3.8, 4) is 11.1 Å². The van der Waals surface area contributed by atoms with Crippen LogP contribution in [-0.4, -0.2) is 37.5 Å². The number of hydrogen-bond donors (Lipinski definition) is 1. The number of benzene rings is 3. The van der Waals surface area contributed by atoms with E-state index >= 15 is 0 Å². The number of carbonyl (C=O) groups excluding carboxylic acids is 2. The molecule has 0 bridgehead atoms. The third-order valence-electron chi connectivity index (χ3n) is 5.48. The van der Waals surface area contributed by atoms with Gasteiger partial charge in [-0.1, -0.05) is 12.1 Å². The molecule has 3 aromatic rings. The maximum absolute atomic E-state index is 13.2. The van der Waals surface area contributed by atoms with Crippen molar-refractivity contribution >= 4 is 22.2 Å². The fourth-order valence-electron chi connectivity index (χ4n) is 3.59. The van der Waals surface area contributed by atoms with E-state index in [4.69, 9.17) is 0 Å². The number of carbonyl (C=O) groups is 2. The van der Waals surface area contributed by atoms with E-state index in [0.717, 1.165) is 40.7 Å². The van der Waals surface area contributed by atoms with Gasteiger partial charge in [-0.25, -0.2) is 12.8 Å². The summed E-state index contributed by atoms with van der Waals surface area (Å²) in [5, 5.41) is 2.61. The Bertz CT molecular complexity index is 1370. The molecule has 196 valence electrons. The normalized spacial score (nSPS) is 12.1. The lowest BCUT2D eigenvalue weighted by Crippen LogP contribution is -2.44. The third kappa shape index (κ3) is 7.01. The van der Waals surface area contributed by atoms with E-state index in [-0.39, 0.29) is 17.0 Å². The van der Waals surface area contributed by atoms with Crippen LogP contribution in [0.3, 0.4) is 0 Å². The fourth-order valence-corrected chi connectivity index (χ4v) is 5.19. The van der Waals surface area contributed by atoms with Crippen molar-refractivity contribution < 1.29 is 35.6 Å². The minimum atomic E-state index is -4.48. The van der Waals surface area contributed by atoms with E-state index in [1.54, 1.807) is 19.9 Å². The molecule has 3 aromatic carbocycles. The second-order valence-electron chi connectivity index (χ2n) is 8.53. The van der Waals surface area contributed by atoms with Gasteiger partial charge in [-0.05, 0) is 85.1 Å². The molecule has 0 aliphatic carbocycles. The van der Waals surface area contributed by atoms with Crippen LogP contribution in [0, 0.1) is 5.82 Å².